The molecule has 0 unspecified atom stereocenters. The Morgan fingerprint density at radius 3 is 2.71 bits per heavy atom. The minimum absolute atomic E-state index is 0.278. The normalized spacial score (nSPS) is 10.3. The Kier molecular flexibility index (Phi) is 4.02. The molecule has 0 bridgehead atoms. The predicted molar refractivity (Wildman–Crippen MR) is 72.9 cm³/mol. The minimum Gasteiger partial charge on any atom is -0.379 e. The number of halogens is 3. The van der Waals surface area contributed by atoms with Crippen LogP contribution in [0.15, 0.2) is 46.9 Å². The summed E-state index contributed by atoms with van der Waals surface area (Å²) in [5, 5.41) is 3.70. The van der Waals surface area contributed by atoms with Crippen molar-refractivity contribution >= 4 is 33.2 Å². The van der Waals surface area contributed by atoms with Crippen molar-refractivity contribution in [3.05, 3.63) is 63.3 Å². The summed E-state index contributed by atoms with van der Waals surface area (Å²) < 4.78 is 14.3. The van der Waals surface area contributed by atoms with Gasteiger partial charge in [0.1, 0.15) is 5.82 Å². The van der Waals surface area contributed by atoms with E-state index in [1.807, 2.05) is 24.3 Å². The monoisotopic (exact) mass is 313 g/mol. The first-order chi connectivity index (χ1) is 8.16. The Morgan fingerprint density at radius 1 is 1.18 bits per heavy atom. The summed E-state index contributed by atoms with van der Waals surface area (Å²) in [6.45, 7) is 0.493. The summed E-state index contributed by atoms with van der Waals surface area (Å²) in [5.74, 6) is -0.278. The van der Waals surface area contributed by atoms with Crippen LogP contribution in [0.1, 0.15) is 5.56 Å². The summed E-state index contributed by atoms with van der Waals surface area (Å²) in [6.07, 6.45) is 0. The van der Waals surface area contributed by atoms with Gasteiger partial charge in [0.05, 0.1) is 5.69 Å². The van der Waals surface area contributed by atoms with Gasteiger partial charge in [0.25, 0.3) is 0 Å². The molecule has 0 heterocycles. The molecule has 0 amide bonds. The minimum atomic E-state index is -0.278. The van der Waals surface area contributed by atoms with Crippen LogP contribution >= 0.6 is 27.5 Å². The Bertz CT molecular complexity index is 531. The first-order valence-electron chi connectivity index (χ1n) is 5.09. The number of rotatable bonds is 3. The molecule has 4 heteroatoms. The van der Waals surface area contributed by atoms with E-state index in [1.165, 1.54) is 6.07 Å². The summed E-state index contributed by atoms with van der Waals surface area (Å²) in [7, 11) is 0. The maximum Gasteiger partial charge on any atom is 0.146 e. The zero-order valence-corrected chi connectivity index (χ0v) is 11.2. The lowest BCUT2D eigenvalue weighted by Gasteiger charge is -2.09. The summed E-state index contributed by atoms with van der Waals surface area (Å²) in [5.41, 5.74) is 1.40. The Hall–Kier alpha value is -1.06. The van der Waals surface area contributed by atoms with Gasteiger partial charge in [-0.15, -0.1) is 0 Å². The van der Waals surface area contributed by atoms with E-state index in [2.05, 4.69) is 21.2 Å². The van der Waals surface area contributed by atoms with E-state index >= 15 is 0 Å². The second kappa shape index (κ2) is 5.52. The van der Waals surface area contributed by atoms with Gasteiger partial charge in [-0.25, -0.2) is 4.39 Å². The SMILES string of the molecule is Fc1ccc(Br)cc1NCc1ccccc1Cl. The number of hydrogen-bond acceptors (Lipinski definition) is 1. The van der Waals surface area contributed by atoms with Gasteiger partial charge in [0.15, 0.2) is 0 Å². The van der Waals surface area contributed by atoms with E-state index in [-0.39, 0.29) is 5.82 Å². The fourth-order valence-electron chi connectivity index (χ4n) is 1.47. The molecule has 0 aliphatic heterocycles. The average Bonchev–Trinajstić information content (AvgIpc) is 2.32. The fraction of sp³-hybridized carbons (Fsp3) is 0.0769. The summed E-state index contributed by atoms with van der Waals surface area (Å²) >= 11 is 9.32. The van der Waals surface area contributed by atoms with Gasteiger partial charge in [-0.1, -0.05) is 45.7 Å². The third-order valence-corrected chi connectivity index (χ3v) is 3.22. The zero-order chi connectivity index (χ0) is 12.3. The van der Waals surface area contributed by atoms with Gasteiger partial charge >= 0.3 is 0 Å². The van der Waals surface area contributed by atoms with Crippen LogP contribution in [0, 0.1) is 5.82 Å². The van der Waals surface area contributed by atoms with Crippen molar-refractivity contribution in [1.82, 2.24) is 0 Å². The number of benzene rings is 2. The number of anilines is 1. The molecule has 0 atom stereocenters. The molecule has 17 heavy (non-hydrogen) atoms. The lowest BCUT2D eigenvalue weighted by Crippen LogP contribution is -2.01. The van der Waals surface area contributed by atoms with Crippen LogP contribution < -0.4 is 5.32 Å². The van der Waals surface area contributed by atoms with Crippen LogP contribution in [-0.2, 0) is 6.54 Å². The average molecular weight is 315 g/mol. The highest BCUT2D eigenvalue weighted by Crippen LogP contribution is 2.22. The molecule has 0 aliphatic rings. The third-order valence-electron chi connectivity index (χ3n) is 2.36. The molecular weight excluding hydrogens is 305 g/mol. The second-order valence-corrected chi connectivity index (χ2v) is 4.89. The van der Waals surface area contributed by atoms with Crippen molar-refractivity contribution in [2.24, 2.45) is 0 Å². The molecule has 1 N–H and O–H groups in total. The van der Waals surface area contributed by atoms with E-state index in [0.717, 1.165) is 10.0 Å². The molecule has 0 aliphatic carbocycles. The van der Waals surface area contributed by atoms with Crippen LogP contribution in [0.3, 0.4) is 0 Å². The lowest BCUT2D eigenvalue weighted by atomic mass is 10.2. The van der Waals surface area contributed by atoms with Crippen LogP contribution in [-0.4, -0.2) is 0 Å². The second-order valence-electron chi connectivity index (χ2n) is 3.57. The first kappa shape index (κ1) is 12.4. The van der Waals surface area contributed by atoms with Crippen LogP contribution in [0.5, 0.6) is 0 Å². The molecule has 0 aromatic heterocycles. The van der Waals surface area contributed by atoms with E-state index in [0.29, 0.717) is 17.3 Å². The quantitative estimate of drug-likeness (QED) is 0.853. The summed E-state index contributed by atoms with van der Waals surface area (Å²) in [4.78, 5) is 0. The first-order valence-corrected chi connectivity index (χ1v) is 6.26. The Balaban J connectivity index is 2.12. The van der Waals surface area contributed by atoms with Crippen molar-refractivity contribution in [3.8, 4) is 0 Å². The van der Waals surface area contributed by atoms with Crippen LogP contribution in [0.2, 0.25) is 5.02 Å². The van der Waals surface area contributed by atoms with Gasteiger partial charge in [0.2, 0.25) is 0 Å². The number of nitrogens with one attached hydrogen (secondary N) is 1. The van der Waals surface area contributed by atoms with Crippen molar-refractivity contribution < 1.29 is 4.39 Å². The maximum atomic E-state index is 13.5. The molecule has 0 saturated heterocycles. The molecule has 0 fully saturated rings. The standard InChI is InChI=1S/C13H10BrClFN/c14-10-5-6-12(16)13(7-10)17-8-9-3-1-2-4-11(9)15/h1-7,17H,8H2. The molecular formula is C13H10BrClFN. The third kappa shape index (κ3) is 3.20. The van der Waals surface area contributed by atoms with Crippen molar-refractivity contribution in [1.29, 1.82) is 0 Å². The molecule has 2 aromatic carbocycles. The smallest absolute Gasteiger partial charge is 0.146 e. The number of hydrogen-bond donors (Lipinski definition) is 1. The summed E-state index contributed by atoms with van der Waals surface area (Å²) in [6, 6.07) is 12.3. The molecule has 0 radical (unpaired) electrons. The molecule has 1 nitrogen and oxygen atoms in total. The van der Waals surface area contributed by atoms with E-state index < -0.39 is 0 Å². The van der Waals surface area contributed by atoms with E-state index in [9.17, 15) is 4.39 Å². The van der Waals surface area contributed by atoms with E-state index in [1.54, 1.807) is 12.1 Å². The molecule has 88 valence electrons. The Morgan fingerprint density at radius 2 is 1.94 bits per heavy atom. The fourth-order valence-corrected chi connectivity index (χ4v) is 2.03. The molecule has 2 aromatic rings. The van der Waals surface area contributed by atoms with Crippen molar-refractivity contribution in [3.63, 3.8) is 0 Å². The van der Waals surface area contributed by atoms with Crippen molar-refractivity contribution in [2.45, 2.75) is 6.54 Å². The molecule has 0 spiro atoms. The van der Waals surface area contributed by atoms with Crippen LogP contribution in [0.25, 0.3) is 0 Å². The topological polar surface area (TPSA) is 12.0 Å². The highest BCUT2D eigenvalue weighted by atomic mass is 79.9. The highest BCUT2D eigenvalue weighted by Gasteiger charge is 2.03. The predicted octanol–water partition coefficient (Wildman–Crippen LogP) is 4.85. The Labute approximate surface area is 113 Å². The van der Waals surface area contributed by atoms with Gasteiger partial charge < -0.3 is 5.32 Å². The van der Waals surface area contributed by atoms with Gasteiger partial charge in [-0.05, 0) is 29.8 Å². The highest BCUT2D eigenvalue weighted by molar-refractivity contribution is 9.10. The maximum absolute atomic E-state index is 13.5. The molecule has 2 rings (SSSR count). The van der Waals surface area contributed by atoms with Crippen molar-refractivity contribution in [2.75, 3.05) is 5.32 Å². The van der Waals surface area contributed by atoms with E-state index in [4.69, 9.17) is 11.6 Å². The van der Waals surface area contributed by atoms with Gasteiger partial charge in [-0.3, -0.25) is 0 Å². The van der Waals surface area contributed by atoms with Gasteiger partial charge in [0, 0.05) is 16.0 Å². The van der Waals surface area contributed by atoms with Crippen LogP contribution in [0.4, 0.5) is 10.1 Å². The molecule has 0 saturated carbocycles. The zero-order valence-electron chi connectivity index (χ0n) is 8.88. The lowest BCUT2D eigenvalue weighted by molar-refractivity contribution is 0.630. The largest absolute Gasteiger partial charge is 0.379 e. The van der Waals surface area contributed by atoms with Gasteiger partial charge in [-0.2, -0.15) is 0 Å².